The first-order chi connectivity index (χ1) is 6.97. The van der Waals surface area contributed by atoms with Crippen LogP contribution in [0, 0.1) is 0 Å². The second kappa shape index (κ2) is 8.08. The van der Waals surface area contributed by atoms with Gasteiger partial charge in [0.25, 0.3) is 0 Å². The van der Waals surface area contributed by atoms with Crippen molar-refractivity contribution in [2.45, 2.75) is 39.3 Å². The Labute approximate surface area is 95.8 Å². The standard InChI is InChI=1S/C12H29N3/c1-7-13-11(2)10-12(3)15(6)9-8-14(4)5/h11-13H,7-10H2,1-6H3. The quantitative estimate of drug-likeness (QED) is 0.657. The van der Waals surface area contributed by atoms with Crippen LogP contribution in [-0.2, 0) is 0 Å². The van der Waals surface area contributed by atoms with E-state index in [9.17, 15) is 0 Å². The highest BCUT2D eigenvalue weighted by Gasteiger charge is 2.12. The van der Waals surface area contributed by atoms with Crippen LogP contribution in [-0.4, -0.2) is 62.7 Å². The summed E-state index contributed by atoms with van der Waals surface area (Å²) in [5.74, 6) is 0. The van der Waals surface area contributed by atoms with Gasteiger partial charge in [-0.05, 0) is 48.0 Å². The largest absolute Gasteiger partial charge is 0.314 e. The maximum atomic E-state index is 3.46. The van der Waals surface area contributed by atoms with Crippen molar-refractivity contribution in [3.63, 3.8) is 0 Å². The van der Waals surface area contributed by atoms with Crippen molar-refractivity contribution >= 4 is 0 Å². The minimum Gasteiger partial charge on any atom is -0.314 e. The summed E-state index contributed by atoms with van der Waals surface area (Å²) in [6.45, 7) is 10.1. The molecule has 0 aromatic heterocycles. The lowest BCUT2D eigenvalue weighted by atomic mass is 10.1. The lowest BCUT2D eigenvalue weighted by Crippen LogP contribution is -2.39. The van der Waals surface area contributed by atoms with Crippen LogP contribution in [0.25, 0.3) is 0 Å². The van der Waals surface area contributed by atoms with Gasteiger partial charge >= 0.3 is 0 Å². The minimum absolute atomic E-state index is 0.617. The number of hydrogen-bond donors (Lipinski definition) is 1. The van der Waals surface area contributed by atoms with E-state index in [-0.39, 0.29) is 0 Å². The molecule has 15 heavy (non-hydrogen) atoms. The van der Waals surface area contributed by atoms with E-state index in [2.05, 4.69) is 57.0 Å². The Hall–Kier alpha value is -0.120. The lowest BCUT2D eigenvalue weighted by molar-refractivity contribution is 0.209. The van der Waals surface area contributed by atoms with Crippen LogP contribution in [0.1, 0.15) is 27.2 Å². The zero-order valence-electron chi connectivity index (χ0n) is 11.4. The second-order valence-corrected chi connectivity index (χ2v) is 4.83. The molecule has 0 aliphatic carbocycles. The van der Waals surface area contributed by atoms with Crippen molar-refractivity contribution in [3.05, 3.63) is 0 Å². The summed E-state index contributed by atoms with van der Waals surface area (Å²) in [4.78, 5) is 4.67. The van der Waals surface area contributed by atoms with Crippen LogP contribution in [0.5, 0.6) is 0 Å². The fourth-order valence-corrected chi connectivity index (χ4v) is 1.70. The third-order valence-corrected chi connectivity index (χ3v) is 2.90. The molecule has 3 nitrogen and oxygen atoms in total. The van der Waals surface area contributed by atoms with Crippen molar-refractivity contribution in [1.82, 2.24) is 15.1 Å². The van der Waals surface area contributed by atoms with Gasteiger partial charge in [0.05, 0.1) is 0 Å². The number of nitrogens with one attached hydrogen (secondary N) is 1. The van der Waals surface area contributed by atoms with Crippen molar-refractivity contribution < 1.29 is 0 Å². The summed E-state index contributed by atoms with van der Waals surface area (Å²) in [7, 11) is 6.46. The average Bonchev–Trinajstić information content (AvgIpc) is 2.14. The first-order valence-corrected chi connectivity index (χ1v) is 6.05. The molecule has 0 bridgehead atoms. The topological polar surface area (TPSA) is 18.5 Å². The van der Waals surface area contributed by atoms with E-state index in [0.717, 1.165) is 19.6 Å². The molecule has 0 aliphatic rings. The molecule has 0 heterocycles. The summed E-state index contributed by atoms with van der Waals surface area (Å²) in [6.07, 6.45) is 1.22. The summed E-state index contributed by atoms with van der Waals surface area (Å²) in [5, 5.41) is 3.46. The van der Waals surface area contributed by atoms with Gasteiger partial charge in [-0.15, -0.1) is 0 Å². The number of hydrogen-bond acceptors (Lipinski definition) is 3. The molecule has 2 unspecified atom stereocenters. The first-order valence-electron chi connectivity index (χ1n) is 6.05. The monoisotopic (exact) mass is 215 g/mol. The van der Waals surface area contributed by atoms with Crippen molar-refractivity contribution in [2.75, 3.05) is 40.8 Å². The molecular formula is C12H29N3. The maximum absolute atomic E-state index is 3.46. The second-order valence-electron chi connectivity index (χ2n) is 4.83. The van der Waals surface area contributed by atoms with E-state index >= 15 is 0 Å². The van der Waals surface area contributed by atoms with Crippen LogP contribution in [0.4, 0.5) is 0 Å². The lowest BCUT2D eigenvalue weighted by Gasteiger charge is -2.28. The Morgan fingerprint density at radius 3 is 2.13 bits per heavy atom. The van der Waals surface area contributed by atoms with Crippen LogP contribution < -0.4 is 5.32 Å². The highest BCUT2D eigenvalue weighted by molar-refractivity contribution is 4.71. The van der Waals surface area contributed by atoms with Gasteiger partial charge in [-0.2, -0.15) is 0 Å². The molecule has 0 aromatic rings. The maximum Gasteiger partial charge on any atom is 0.0109 e. The highest BCUT2D eigenvalue weighted by atomic mass is 15.2. The van der Waals surface area contributed by atoms with Gasteiger partial charge in [0.1, 0.15) is 0 Å². The van der Waals surface area contributed by atoms with E-state index in [0.29, 0.717) is 12.1 Å². The fraction of sp³-hybridized carbons (Fsp3) is 1.00. The van der Waals surface area contributed by atoms with Gasteiger partial charge in [-0.3, -0.25) is 0 Å². The fourth-order valence-electron chi connectivity index (χ4n) is 1.70. The molecule has 0 spiro atoms. The number of rotatable bonds is 8. The Kier molecular flexibility index (Phi) is 8.02. The Morgan fingerprint density at radius 2 is 1.67 bits per heavy atom. The van der Waals surface area contributed by atoms with E-state index < -0.39 is 0 Å². The van der Waals surface area contributed by atoms with Crippen LogP contribution in [0.3, 0.4) is 0 Å². The van der Waals surface area contributed by atoms with Gasteiger partial charge in [-0.25, -0.2) is 0 Å². The molecule has 0 radical (unpaired) electrons. The van der Waals surface area contributed by atoms with Gasteiger partial charge in [0.2, 0.25) is 0 Å². The SMILES string of the molecule is CCNC(C)CC(C)N(C)CCN(C)C. The van der Waals surface area contributed by atoms with Gasteiger partial charge < -0.3 is 15.1 Å². The molecule has 0 saturated heterocycles. The summed E-state index contributed by atoms with van der Waals surface area (Å²) >= 11 is 0. The summed E-state index contributed by atoms with van der Waals surface area (Å²) in [5.41, 5.74) is 0. The van der Waals surface area contributed by atoms with Crippen molar-refractivity contribution in [1.29, 1.82) is 0 Å². The average molecular weight is 215 g/mol. The Morgan fingerprint density at radius 1 is 1.07 bits per heavy atom. The Bertz CT molecular complexity index is 148. The molecule has 0 aliphatic heterocycles. The molecule has 2 atom stereocenters. The Balaban J connectivity index is 3.72. The van der Waals surface area contributed by atoms with Crippen molar-refractivity contribution in [3.8, 4) is 0 Å². The zero-order valence-corrected chi connectivity index (χ0v) is 11.4. The highest BCUT2D eigenvalue weighted by Crippen LogP contribution is 2.04. The predicted molar refractivity (Wildman–Crippen MR) is 68.4 cm³/mol. The molecule has 92 valence electrons. The molecular weight excluding hydrogens is 186 g/mol. The molecule has 1 N–H and O–H groups in total. The number of likely N-dealkylation sites (N-methyl/N-ethyl adjacent to an activating group) is 2. The van der Waals surface area contributed by atoms with Crippen LogP contribution in [0.15, 0.2) is 0 Å². The predicted octanol–water partition coefficient (Wildman–Crippen LogP) is 1.26. The van der Waals surface area contributed by atoms with Gasteiger partial charge in [0.15, 0.2) is 0 Å². The molecule has 0 aromatic carbocycles. The van der Waals surface area contributed by atoms with E-state index in [1.54, 1.807) is 0 Å². The van der Waals surface area contributed by atoms with E-state index in [4.69, 9.17) is 0 Å². The third kappa shape index (κ3) is 7.77. The molecule has 3 heteroatoms. The van der Waals surface area contributed by atoms with Gasteiger partial charge in [0, 0.05) is 25.2 Å². The summed E-state index contributed by atoms with van der Waals surface area (Å²) in [6, 6.07) is 1.27. The normalized spacial score (nSPS) is 16.0. The molecule has 0 amide bonds. The summed E-state index contributed by atoms with van der Waals surface area (Å²) < 4.78 is 0. The van der Waals surface area contributed by atoms with Crippen molar-refractivity contribution in [2.24, 2.45) is 0 Å². The van der Waals surface area contributed by atoms with Gasteiger partial charge in [-0.1, -0.05) is 6.92 Å². The third-order valence-electron chi connectivity index (χ3n) is 2.90. The van der Waals surface area contributed by atoms with E-state index in [1.807, 2.05) is 0 Å². The van der Waals surface area contributed by atoms with E-state index in [1.165, 1.54) is 6.42 Å². The number of nitrogens with zero attached hydrogens (tertiary/aromatic N) is 2. The zero-order chi connectivity index (χ0) is 11.8. The first kappa shape index (κ1) is 14.9. The van der Waals surface area contributed by atoms with Crippen LogP contribution >= 0.6 is 0 Å². The molecule has 0 saturated carbocycles. The van der Waals surface area contributed by atoms with Crippen LogP contribution in [0.2, 0.25) is 0 Å². The smallest absolute Gasteiger partial charge is 0.0109 e. The molecule has 0 fully saturated rings. The minimum atomic E-state index is 0.617. The molecule has 0 rings (SSSR count).